The number of hydrogen-bond donors (Lipinski definition) is 3. The van der Waals surface area contributed by atoms with Crippen molar-refractivity contribution in [2.24, 2.45) is 11.3 Å². The van der Waals surface area contributed by atoms with Gasteiger partial charge in [0.05, 0.1) is 0 Å². The van der Waals surface area contributed by atoms with Crippen LogP contribution in [0.15, 0.2) is 66.9 Å². The molecule has 11 heteroatoms. The Balaban J connectivity index is 1.31. The van der Waals surface area contributed by atoms with Crippen LogP contribution in [0.4, 0.5) is 24.7 Å². The summed E-state index contributed by atoms with van der Waals surface area (Å²) in [5.74, 6) is -1.63. The first-order valence-corrected chi connectivity index (χ1v) is 14.8. The molecule has 1 fully saturated rings. The first-order valence-electron chi connectivity index (χ1n) is 14.8. The van der Waals surface area contributed by atoms with Gasteiger partial charge in [-0.1, -0.05) is 49.2 Å². The number of halogens is 3. The third-order valence-corrected chi connectivity index (χ3v) is 8.59. The Bertz CT molecular complexity index is 1510. The van der Waals surface area contributed by atoms with Gasteiger partial charge in [0.2, 0.25) is 17.7 Å². The molecule has 3 aromatic rings. The Kier molecular flexibility index (Phi) is 9.33. The summed E-state index contributed by atoms with van der Waals surface area (Å²) in [5, 5.41) is 8.63. The zero-order valence-corrected chi connectivity index (χ0v) is 24.5. The Hall–Kier alpha value is -4.25. The number of amides is 3. The first-order chi connectivity index (χ1) is 21.1. The van der Waals surface area contributed by atoms with Gasteiger partial charge in [0.25, 0.3) is 0 Å². The Labute approximate surface area is 254 Å². The van der Waals surface area contributed by atoms with Crippen LogP contribution in [0.3, 0.4) is 0 Å². The van der Waals surface area contributed by atoms with Gasteiger partial charge in [-0.3, -0.25) is 14.4 Å². The Morgan fingerprint density at radius 2 is 1.64 bits per heavy atom. The van der Waals surface area contributed by atoms with Gasteiger partial charge < -0.3 is 20.9 Å². The second kappa shape index (κ2) is 13.2. The number of carbonyl (C=O) groups is 3. The quantitative estimate of drug-likeness (QED) is 0.293. The van der Waals surface area contributed by atoms with E-state index in [1.54, 1.807) is 55.7 Å². The average Bonchev–Trinajstić information content (AvgIpc) is 3.67. The van der Waals surface area contributed by atoms with Gasteiger partial charge in [0.15, 0.2) is 0 Å². The predicted octanol–water partition coefficient (Wildman–Crippen LogP) is 5.24. The van der Waals surface area contributed by atoms with Crippen molar-refractivity contribution in [3.05, 3.63) is 89.1 Å². The van der Waals surface area contributed by atoms with Gasteiger partial charge in [0.1, 0.15) is 17.8 Å². The molecule has 0 saturated heterocycles. The van der Waals surface area contributed by atoms with E-state index < -0.39 is 30.0 Å². The molecule has 2 aliphatic carbocycles. The highest BCUT2D eigenvalue weighted by Gasteiger charge is 2.62. The predicted molar refractivity (Wildman–Crippen MR) is 160 cm³/mol. The van der Waals surface area contributed by atoms with Crippen LogP contribution >= 0.6 is 0 Å². The summed E-state index contributed by atoms with van der Waals surface area (Å²) in [5.41, 5.74) is 1.35. The van der Waals surface area contributed by atoms with Gasteiger partial charge in [-0.2, -0.15) is 13.2 Å². The molecule has 5 rings (SSSR count). The average molecular weight is 608 g/mol. The van der Waals surface area contributed by atoms with Gasteiger partial charge >= 0.3 is 6.18 Å². The van der Waals surface area contributed by atoms with E-state index in [2.05, 4.69) is 20.9 Å². The lowest BCUT2D eigenvalue weighted by Gasteiger charge is -2.36. The fourth-order valence-corrected chi connectivity index (χ4v) is 6.30. The molecule has 3 N–H and O–H groups in total. The summed E-state index contributed by atoms with van der Waals surface area (Å²) in [6.45, 7) is -0.194. The number of aromatic nitrogens is 1. The van der Waals surface area contributed by atoms with Crippen LogP contribution in [0.1, 0.15) is 47.9 Å². The van der Waals surface area contributed by atoms with Gasteiger partial charge in [-0.05, 0) is 79.3 Å². The molecule has 232 valence electrons. The maximum absolute atomic E-state index is 14.4. The van der Waals surface area contributed by atoms with Crippen LogP contribution in [0.2, 0.25) is 0 Å². The molecular formula is C33H36F3N5O3. The number of rotatable bonds is 10. The van der Waals surface area contributed by atoms with E-state index in [1.165, 1.54) is 0 Å². The van der Waals surface area contributed by atoms with Crippen molar-refractivity contribution in [3.63, 3.8) is 0 Å². The highest BCUT2D eigenvalue weighted by molar-refractivity contribution is 5.96. The van der Waals surface area contributed by atoms with Gasteiger partial charge in [0, 0.05) is 30.9 Å². The van der Waals surface area contributed by atoms with Crippen LogP contribution in [-0.2, 0) is 40.3 Å². The largest absolute Gasteiger partial charge is 0.403 e. The second-order valence-corrected chi connectivity index (χ2v) is 11.6. The molecular weight excluding hydrogens is 571 g/mol. The van der Waals surface area contributed by atoms with E-state index in [1.807, 2.05) is 18.2 Å². The molecule has 44 heavy (non-hydrogen) atoms. The smallest absolute Gasteiger partial charge is 0.328 e. The molecule has 0 bridgehead atoms. The molecule has 1 saturated carbocycles. The Morgan fingerprint density at radius 3 is 2.32 bits per heavy atom. The topological polar surface area (TPSA) is 103 Å². The molecule has 1 heterocycles. The zero-order valence-electron chi connectivity index (χ0n) is 24.5. The van der Waals surface area contributed by atoms with Crippen molar-refractivity contribution < 1.29 is 27.6 Å². The number of pyridine rings is 1. The van der Waals surface area contributed by atoms with Crippen LogP contribution in [0, 0.1) is 11.3 Å². The normalized spacial score (nSPS) is 17.1. The SMILES string of the molecule is CNCc1ccccc1CN(CC(=O)Nc1ccc2c(c1)C[C@H](C(=O)Nc1ccccn1)C2)C(=O)C1(C(F)(F)F)CCCC1. The van der Waals surface area contributed by atoms with E-state index in [0.717, 1.165) is 21.6 Å². The van der Waals surface area contributed by atoms with Crippen molar-refractivity contribution in [1.29, 1.82) is 0 Å². The van der Waals surface area contributed by atoms with Crippen LogP contribution in [-0.4, -0.2) is 47.4 Å². The Morgan fingerprint density at radius 1 is 0.932 bits per heavy atom. The van der Waals surface area contributed by atoms with Crippen molar-refractivity contribution in [2.75, 3.05) is 24.2 Å². The fraction of sp³-hybridized carbons (Fsp3) is 0.394. The third kappa shape index (κ3) is 6.77. The van der Waals surface area contributed by atoms with Crippen LogP contribution in [0.25, 0.3) is 0 Å². The molecule has 1 atom stereocenters. The third-order valence-electron chi connectivity index (χ3n) is 8.59. The summed E-state index contributed by atoms with van der Waals surface area (Å²) >= 11 is 0. The maximum atomic E-state index is 14.4. The van der Waals surface area contributed by atoms with E-state index in [4.69, 9.17) is 0 Å². The van der Waals surface area contributed by atoms with E-state index in [0.29, 0.717) is 49.3 Å². The lowest BCUT2D eigenvalue weighted by Crippen LogP contribution is -2.52. The van der Waals surface area contributed by atoms with Crippen LogP contribution < -0.4 is 16.0 Å². The lowest BCUT2D eigenvalue weighted by atomic mass is 9.83. The molecule has 0 unspecified atom stereocenters. The standard InChI is InChI=1S/C33H36F3N5O3/c1-37-19-23-8-2-3-9-24(23)20-41(31(44)32(33(34,35)36)13-5-6-14-32)21-29(42)39-27-12-11-22-16-26(17-25(22)18-27)30(43)40-28-10-4-7-15-38-28/h2-4,7-12,15,18,26,37H,5-6,13-14,16-17,19-21H2,1H3,(H,39,42)(H,38,40,43)/t26-/m1/s1. The monoisotopic (exact) mass is 607 g/mol. The number of fused-ring (bicyclic) bond motifs is 1. The number of hydrogen-bond acceptors (Lipinski definition) is 5. The zero-order chi connectivity index (χ0) is 31.3. The van der Waals surface area contributed by atoms with E-state index in [-0.39, 0.29) is 31.2 Å². The molecule has 0 spiro atoms. The van der Waals surface area contributed by atoms with Gasteiger partial charge in [-0.15, -0.1) is 0 Å². The number of nitrogens with zero attached hydrogens (tertiary/aromatic N) is 2. The highest BCUT2D eigenvalue weighted by Crippen LogP contribution is 2.51. The molecule has 3 amide bonds. The number of carbonyl (C=O) groups excluding carboxylic acids is 3. The second-order valence-electron chi connectivity index (χ2n) is 11.6. The highest BCUT2D eigenvalue weighted by atomic mass is 19.4. The lowest BCUT2D eigenvalue weighted by molar-refractivity contribution is -0.226. The van der Waals surface area contributed by atoms with E-state index in [9.17, 15) is 27.6 Å². The molecule has 1 aromatic heterocycles. The molecule has 2 aliphatic rings. The summed E-state index contributed by atoms with van der Waals surface area (Å²) in [7, 11) is 1.76. The summed E-state index contributed by atoms with van der Waals surface area (Å²) < 4.78 is 43.2. The number of alkyl halides is 3. The fourth-order valence-electron chi connectivity index (χ4n) is 6.30. The van der Waals surface area contributed by atoms with Gasteiger partial charge in [-0.25, -0.2) is 4.98 Å². The summed E-state index contributed by atoms with van der Waals surface area (Å²) in [6, 6.07) is 17.8. The summed E-state index contributed by atoms with van der Waals surface area (Å²) in [6.07, 6.45) is -2.08. The minimum absolute atomic E-state index is 0.126. The molecule has 0 radical (unpaired) electrons. The maximum Gasteiger partial charge on any atom is 0.403 e. The van der Waals surface area contributed by atoms with Crippen molar-refractivity contribution in [3.8, 4) is 0 Å². The summed E-state index contributed by atoms with van der Waals surface area (Å²) in [4.78, 5) is 45.0. The molecule has 2 aromatic carbocycles. The van der Waals surface area contributed by atoms with Crippen molar-refractivity contribution in [1.82, 2.24) is 15.2 Å². The number of nitrogens with one attached hydrogen (secondary N) is 3. The first kappa shape index (κ1) is 31.2. The number of anilines is 2. The van der Waals surface area contributed by atoms with Crippen molar-refractivity contribution >= 4 is 29.2 Å². The molecule has 0 aliphatic heterocycles. The number of benzene rings is 2. The van der Waals surface area contributed by atoms with E-state index >= 15 is 0 Å². The minimum atomic E-state index is -4.72. The molecule has 8 nitrogen and oxygen atoms in total. The van der Waals surface area contributed by atoms with Crippen LogP contribution in [0.5, 0.6) is 0 Å². The van der Waals surface area contributed by atoms with Crippen molar-refractivity contribution in [2.45, 2.75) is 57.8 Å². The minimum Gasteiger partial charge on any atom is -0.328 e.